The molecule has 1 unspecified atom stereocenters. The normalized spacial score (nSPS) is 14.4. The number of hydrogen-bond acceptors (Lipinski definition) is 6. The Kier molecular flexibility index (Phi) is 8.46. The molecule has 45 heavy (non-hydrogen) atoms. The summed E-state index contributed by atoms with van der Waals surface area (Å²) in [7, 11) is 0. The third-order valence-electron chi connectivity index (χ3n) is 7.06. The summed E-state index contributed by atoms with van der Waals surface area (Å²) in [6.45, 7) is 1.75. The molecule has 1 atom stereocenters. The predicted molar refractivity (Wildman–Crippen MR) is 181 cm³/mol. The molecule has 2 heterocycles. The number of aromatic carboxylic acids is 1. The minimum atomic E-state index is -1.03. The fourth-order valence-corrected chi connectivity index (χ4v) is 5.83. The number of para-hydroxylation sites is 2. The first-order valence-corrected chi connectivity index (χ1v) is 15.2. The highest BCUT2D eigenvalue weighted by atomic mass is 35.5. The maximum Gasteiger partial charge on any atom is 0.336 e. The highest BCUT2D eigenvalue weighted by Crippen LogP contribution is 2.32. The standard InChI is InChI=1S/C35H25ClN4O4S/c1-21(45-35-39-31(19-22-11-15-24(36)16-12-22)33(42)40(35)26-7-3-2-4-8-26)32(41)37-25-17-13-23(14-18-25)30-20-28(34(43)44)27-9-5-6-10-29(27)38-30/h2-21H,1H3,(H,37,41)(H,43,44)/b31-19-. The van der Waals surface area contributed by atoms with Crippen LogP contribution < -0.4 is 10.2 Å². The van der Waals surface area contributed by atoms with Gasteiger partial charge in [-0.15, -0.1) is 0 Å². The number of carboxylic acids is 1. The summed E-state index contributed by atoms with van der Waals surface area (Å²) in [4.78, 5) is 49.4. The monoisotopic (exact) mass is 632 g/mol. The van der Waals surface area contributed by atoms with Crippen molar-refractivity contribution >= 4 is 74.7 Å². The SMILES string of the molecule is CC(SC1=N/C(=C\c2ccc(Cl)cc2)C(=O)N1c1ccccc1)C(=O)Nc1ccc(-c2cc(C(=O)O)c3ccccc3n2)cc1. The number of nitrogens with zero attached hydrogens (tertiary/aromatic N) is 3. The molecule has 222 valence electrons. The molecule has 10 heteroatoms. The maximum absolute atomic E-state index is 13.5. The number of carbonyl (C=O) groups is 3. The molecule has 1 aromatic heterocycles. The zero-order valence-corrected chi connectivity index (χ0v) is 25.4. The first-order valence-electron chi connectivity index (χ1n) is 13.9. The van der Waals surface area contributed by atoms with Gasteiger partial charge in [-0.2, -0.15) is 0 Å². The molecule has 6 rings (SSSR count). The summed E-state index contributed by atoms with van der Waals surface area (Å²) < 4.78 is 0. The molecule has 0 spiro atoms. The van der Waals surface area contributed by atoms with Gasteiger partial charge in [-0.3, -0.25) is 14.5 Å². The number of nitrogens with one attached hydrogen (secondary N) is 1. The highest BCUT2D eigenvalue weighted by molar-refractivity contribution is 8.15. The number of aromatic nitrogens is 1. The van der Waals surface area contributed by atoms with Gasteiger partial charge in [0.05, 0.1) is 27.7 Å². The largest absolute Gasteiger partial charge is 0.478 e. The lowest BCUT2D eigenvalue weighted by Gasteiger charge is -2.20. The number of carboxylic acid groups (broad SMARTS) is 1. The molecular weight excluding hydrogens is 608 g/mol. The van der Waals surface area contributed by atoms with Crippen molar-refractivity contribution in [1.29, 1.82) is 0 Å². The Morgan fingerprint density at radius 3 is 2.33 bits per heavy atom. The average Bonchev–Trinajstić information content (AvgIpc) is 3.35. The Hall–Kier alpha value is -5.25. The molecule has 1 aliphatic heterocycles. The summed E-state index contributed by atoms with van der Waals surface area (Å²) in [5, 5.41) is 13.6. The molecule has 2 amide bonds. The van der Waals surface area contributed by atoms with E-state index in [4.69, 9.17) is 11.6 Å². The van der Waals surface area contributed by atoms with E-state index in [9.17, 15) is 19.5 Å². The molecule has 0 aliphatic carbocycles. The summed E-state index contributed by atoms with van der Waals surface area (Å²) in [6, 6.07) is 31.9. The van der Waals surface area contributed by atoms with Gasteiger partial charge in [0.1, 0.15) is 5.70 Å². The molecule has 0 saturated carbocycles. The Morgan fingerprint density at radius 1 is 0.933 bits per heavy atom. The Bertz CT molecular complexity index is 1990. The molecule has 8 nitrogen and oxygen atoms in total. The second-order valence-electron chi connectivity index (χ2n) is 10.2. The molecule has 0 fully saturated rings. The van der Waals surface area contributed by atoms with Crippen molar-refractivity contribution in [2.75, 3.05) is 10.2 Å². The van der Waals surface area contributed by atoms with Gasteiger partial charge in [0.15, 0.2) is 5.17 Å². The van der Waals surface area contributed by atoms with Gasteiger partial charge in [0.25, 0.3) is 5.91 Å². The number of aliphatic imine (C=N–C) groups is 1. The second-order valence-corrected chi connectivity index (χ2v) is 11.9. The zero-order chi connectivity index (χ0) is 31.5. The molecule has 1 aliphatic rings. The average molecular weight is 633 g/mol. The van der Waals surface area contributed by atoms with Crippen LogP contribution in [0.1, 0.15) is 22.8 Å². The van der Waals surface area contributed by atoms with Crippen molar-refractivity contribution in [3.8, 4) is 11.3 Å². The number of carbonyl (C=O) groups excluding carboxylic acids is 2. The van der Waals surface area contributed by atoms with E-state index >= 15 is 0 Å². The van der Waals surface area contributed by atoms with E-state index in [0.717, 1.165) is 5.56 Å². The minimum absolute atomic E-state index is 0.169. The van der Waals surface area contributed by atoms with Gasteiger partial charge in [0, 0.05) is 21.7 Å². The Morgan fingerprint density at radius 2 is 1.62 bits per heavy atom. The zero-order valence-electron chi connectivity index (χ0n) is 23.8. The van der Waals surface area contributed by atoms with Crippen LogP contribution in [-0.4, -0.2) is 38.3 Å². The summed E-state index contributed by atoms with van der Waals surface area (Å²) in [5.41, 5.74) is 4.20. The number of halogens is 1. The third-order valence-corrected chi connectivity index (χ3v) is 8.37. The first-order chi connectivity index (χ1) is 21.8. The minimum Gasteiger partial charge on any atom is -0.478 e. The van der Waals surface area contributed by atoms with Gasteiger partial charge >= 0.3 is 5.97 Å². The molecule has 0 saturated heterocycles. The van der Waals surface area contributed by atoms with Crippen molar-refractivity contribution < 1.29 is 19.5 Å². The molecule has 5 aromatic rings. The van der Waals surface area contributed by atoms with Crippen LogP contribution >= 0.6 is 23.4 Å². The van der Waals surface area contributed by atoms with Gasteiger partial charge in [0.2, 0.25) is 5.91 Å². The highest BCUT2D eigenvalue weighted by Gasteiger charge is 2.34. The van der Waals surface area contributed by atoms with Crippen LogP contribution in [0.25, 0.3) is 28.2 Å². The van der Waals surface area contributed by atoms with Crippen LogP contribution in [0.2, 0.25) is 5.02 Å². The van der Waals surface area contributed by atoms with Crippen LogP contribution in [0.4, 0.5) is 11.4 Å². The van der Waals surface area contributed by atoms with E-state index < -0.39 is 11.2 Å². The fourth-order valence-electron chi connectivity index (χ4n) is 4.78. The summed E-state index contributed by atoms with van der Waals surface area (Å²) in [6.07, 6.45) is 1.69. The quantitative estimate of drug-likeness (QED) is 0.177. The summed E-state index contributed by atoms with van der Waals surface area (Å²) >= 11 is 7.19. The number of thioether (sulfide) groups is 1. The van der Waals surface area contributed by atoms with E-state index in [0.29, 0.717) is 43.7 Å². The van der Waals surface area contributed by atoms with Crippen molar-refractivity contribution in [2.24, 2.45) is 4.99 Å². The van der Waals surface area contributed by atoms with Crippen molar-refractivity contribution in [3.05, 3.63) is 131 Å². The number of benzene rings is 4. The van der Waals surface area contributed by atoms with E-state index in [1.165, 1.54) is 16.7 Å². The topological polar surface area (TPSA) is 112 Å². The van der Waals surface area contributed by atoms with Crippen LogP contribution in [0.3, 0.4) is 0 Å². The molecule has 4 aromatic carbocycles. The van der Waals surface area contributed by atoms with Crippen LogP contribution in [0, 0.1) is 0 Å². The molecule has 2 N–H and O–H groups in total. The Labute approximate surface area is 268 Å². The lowest BCUT2D eigenvalue weighted by molar-refractivity contribution is -0.115. The van der Waals surface area contributed by atoms with Crippen molar-refractivity contribution in [1.82, 2.24) is 4.98 Å². The second kappa shape index (κ2) is 12.8. The number of fused-ring (bicyclic) bond motifs is 1. The smallest absolute Gasteiger partial charge is 0.336 e. The molecule has 0 bridgehead atoms. The molecular formula is C35H25ClN4O4S. The van der Waals surface area contributed by atoms with E-state index in [2.05, 4.69) is 15.3 Å². The number of rotatable bonds is 7. The van der Waals surface area contributed by atoms with Gasteiger partial charge in [-0.25, -0.2) is 14.8 Å². The molecule has 0 radical (unpaired) electrons. The lowest BCUT2D eigenvalue weighted by atomic mass is 10.0. The van der Waals surface area contributed by atoms with Crippen molar-refractivity contribution in [2.45, 2.75) is 12.2 Å². The maximum atomic E-state index is 13.5. The first kappa shape index (κ1) is 29.8. The number of hydrogen-bond donors (Lipinski definition) is 2. The number of amides is 2. The van der Waals surface area contributed by atoms with Crippen LogP contribution in [0.5, 0.6) is 0 Å². The van der Waals surface area contributed by atoms with E-state index in [1.807, 2.05) is 36.4 Å². The number of pyridine rings is 1. The fraction of sp³-hybridized carbons (Fsp3) is 0.0571. The third kappa shape index (κ3) is 6.50. The van der Waals surface area contributed by atoms with Crippen LogP contribution in [-0.2, 0) is 9.59 Å². The van der Waals surface area contributed by atoms with E-state index in [1.54, 1.807) is 85.8 Å². The predicted octanol–water partition coefficient (Wildman–Crippen LogP) is 7.76. The van der Waals surface area contributed by atoms with Gasteiger partial charge in [-0.05, 0) is 67.1 Å². The van der Waals surface area contributed by atoms with Crippen molar-refractivity contribution in [3.63, 3.8) is 0 Å². The number of amidine groups is 1. The van der Waals surface area contributed by atoms with Crippen LogP contribution in [0.15, 0.2) is 120 Å². The Balaban J connectivity index is 1.20. The number of anilines is 2. The summed E-state index contributed by atoms with van der Waals surface area (Å²) in [5.74, 6) is -1.60. The van der Waals surface area contributed by atoms with E-state index in [-0.39, 0.29) is 23.1 Å². The van der Waals surface area contributed by atoms with Gasteiger partial charge < -0.3 is 10.4 Å². The van der Waals surface area contributed by atoms with Gasteiger partial charge in [-0.1, -0.05) is 84.0 Å². The lowest BCUT2D eigenvalue weighted by Crippen LogP contribution is -2.33.